The van der Waals surface area contributed by atoms with Crippen LogP contribution in [0.25, 0.3) is 0 Å². The van der Waals surface area contributed by atoms with Crippen molar-refractivity contribution >= 4 is 11.7 Å². The van der Waals surface area contributed by atoms with Crippen LogP contribution in [0.15, 0.2) is 41.9 Å². The lowest BCUT2D eigenvalue weighted by molar-refractivity contribution is -0.187. The Labute approximate surface area is 142 Å². The van der Waals surface area contributed by atoms with Crippen LogP contribution in [0.4, 0.5) is 5.69 Å². The third-order valence-corrected chi connectivity index (χ3v) is 4.46. The highest BCUT2D eigenvalue weighted by Crippen LogP contribution is 2.33. The summed E-state index contributed by atoms with van der Waals surface area (Å²) >= 11 is 0. The van der Waals surface area contributed by atoms with Gasteiger partial charge in [0.05, 0.1) is 6.61 Å². The summed E-state index contributed by atoms with van der Waals surface area (Å²) in [5, 5.41) is 15.2. The van der Waals surface area contributed by atoms with E-state index in [0.29, 0.717) is 0 Å². The Kier molecular flexibility index (Phi) is 5.25. The first kappa shape index (κ1) is 16.6. The Hall–Kier alpha value is -2.21. The summed E-state index contributed by atoms with van der Waals surface area (Å²) in [6.07, 6.45) is 4.84. The lowest BCUT2D eigenvalue weighted by Gasteiger charge is -2.32. The molecular weight excluding hydrogens is 308 g/mol. The Bertz CT molecular complexity index is 596. The number of hydrogen-bond donors (Lipinski definition) is 2. The fraction of sp³-hybridized carbons (Fsp3) is 0.500. The normalized spacial score (nSPS) is 24.5. The third-order valence-electron chi connectivity index (χ3n) is 4.46. The van der Waals surface area contributed by atoms with E-state index in [1.807, 2.05) is 30.3 Å². The van der Waals surface area contributed by atoms with E-state index >= 15 is 0 Å². The summed E-state index contributed by atoms with van der Waals surface area (Å²) in [5.41, 5.74) is 0.981. The van der Waals surface area contributed by atoms with E-state index < -0.39 is 12.1 Å². The number of aliphatic hydroxyl groups is 1. The van der Waals surface area contributed by atoms with E-state index in [9.17, 15) is 9.90 Å². The predicted octanol–water partition coefficient (Wildman–Crippen LogP) is 3.34. The first-order valence-corrected chi connectivity index (χ1v) is 8.59. The van der Waals surface area contributed by atoms with E-state index in [1.165, 1.54) is 6.42 Å². The average molecular weight is 332 g/mol. The smallest absolute Gasteiger partial charge is 0.363 e. The van der Waals surface area contributed by atoms with E-state index in [1.54, 1.807) is 12.0 Å². The van der Waals surface area contributed by atoms with Gasteiger partial charge in [0.15, 0.2) is 11.7 Å². The van der Waals surface area contributed by atoms with Crippen LogP contribution >= 0.6 is 0 Å². The van der Waals surface area contributed by atoms with Crippen molar-refractivity contribution in [3.63, 3.8) is 0 Å². The fourth-order valence-electron chi connectivity index (χ4n) is 3.30. The Balaban J connectivity index is 1.90. The van der Waals surface area contributed by atoms with Crippen LogP contribution in [0.5, 0.6) is 0 Å². The predicted molar refractivity (Wildman–Crippen MR) is 89.9 cm³/mol. The van der Waals surface area contributed by atoms with Gasteiger partial charge in [-0.3, -0.25) is 0 Å². The SMILES string of the molecule is CCO/C(O)=C1/C(=O)ON(C2CCCCC2)C1Nc1ccccc1. The Morgan fingerprint density at radius 3 is 2.67 bits per heavy atom. The molecule has 1 saturated carbocycles. The van der Waals surface area contributed by atoms with E-state index in [4.69, 9.17) is 9.57 Å². The number of nitrogens with zero attached hydrogens (tertiary/aromatic N) is 1. The van der Waals surface area contributed by atoms with Gasteiger partial charge < -0.3 is 20.0 Å². The Morgan fingerprint density at radius 1 is 1.29 bits per heavy atom. The molecule has 1 atom stereocenters. The summed E-state index contributed by atoms with van der Waals surface area (Å²) in [7, 11) is 0. The molecule has 1 aliphatic carbocycles. The molecule has 1 saturated heterocycles. The molecule has 2 N–H and O–H groups in total. The highest BCUT2D eigenvalue weighted by Gasteiger charge is 2.45. The second kappa shape index (κ2) is 7.57. The van der Waals surface area contributed by atoms with Crippen molar-refractivity contribution in [1.82, 2.24) is 5.06 Å². The van der Waals surface area contributed by atoms with Crippen molar-refractivity contribution in [3.05, 3.63) is 41.9 Å². The molecular formula is C18H24N2O4. The number of aliphatic hydroxyl groups excluding tert-OH is 1. The maximum absolute atomic E-state index is 12.3. The molecule has 0 spiro atoms. The fourth-order valence-corrected chi connectivity index (χ4v) is 3.30. The largest absolute Gasteiger partial charge is 0.481 e. The van der Waals surface area contributed by atoms with Crippen LogP contribution in [0.3, 0.4) is 0 Å². The van der Waals surface area contributed by atoms with Gasteiger partial charge in [-0.25, -0.2) is 4.79 Å². The summed E-state index contributed by atoms with van der Waals surface area (Å²) in [4.78, 5) is 17.8. The van der Waals surface area contributed by atoms with Gasteiger partial charge in [0.25, 0.3) is 5.95 Å². The van der Waals surface area contributed by atoms with Crippen molar-refractivity contribution in [3.8, 4) is 0 Å². The number of ether oxygens (including phenoxy) is 1. The van der Waals surface area contributed by atoms with Crippen molar-refractivity contribution in [2.75, 3.05) is 11.9 Å². The summed E-state index contributed by atoms with van der Waals surface area (Å²) in [5.74, 6) is -0.922. The molecule has 2 aliphatic rings. The zero-order valence-corrected chi connectivity index (χ0v) is 13.9. The van der Waals surface area contributed by atoms with Crippen LogP contribution in [-0.4, -0.2) is 35.0 Å². The van der Waals surface area contributed by atoms with Crippen LogP contribution in [0.1, 0.15) is 39.0 Å². The molecule has 0 amide bonds. The number of anilines is 1. The molecule has 0 bridgehead atoms. The molecule has 1 heterocycles. The quantitative estimate of drug-likeness (QED) is 0.636. The van der Waals surface area contributed by atoms with Gasteiger partial charge in [-0.05, 0) is 31.9 Å². The summed E-state index contributed by atoms with van der Waals surface area (Å²) < 4.78 is 5.17. The van der Waals surface area contributed by atoms with Crippen LogP contribution in [-0.2, 0) is 14.4 Å². The summed E-state index contributed by atoms with van der Waals surface area (Å²) in [6, 6.07) is 9.73. The first-order chi connectivity index (χ1) is 11.7. The minimum Gasteiger partial charge on any atom is -0.481 e. The van der Waals surface area contributed by atoms with Gasteiger partial charge in [-0.1, -0.05) is 37.5 Å². The van der Waals surface area contributed by atoms with Gasteiger partial charge in [0.2, 0.25) is 0 Å². The zero-order chi connectivity index (χ0) is 16.9. The molecule has 0 aromatic heterocycles. The number of carbonyl (C=O) groups is 1. The monoisotopic (exact) mass is 332 g/mol. The highest BCUT2D eigenvalue weighted by molar-refractivity contribution is 5.92. The molecule has 1 aromatic rings. The third kappa shape index (κ3) is 3.48. The number of benzene rings is 1. The van der Waals surface area contributed by atoms with Gasteiger partial charge in [-0.15, -0.1) is 5.06 Å². The van der Waals surface area contributed by atoms with E-state index in [0.717, 1.165) is 31.4 Å². The zero-order valence-electron chi connectivity index (χ0n) is 13.9. The van der Waals surface area contributed by atoms with Crippen molar-refractivity contribution in [1.29, 1.82) is 0 Å². The number of rotatable bonds is 5. The van der Waals surface area contributed by atoms with E-state index in [-0.39, 0.29) is 24.2 Å². The molecule has 0 radical (unpaired) electrons. The maximum atomic E-state index is 12.3. The average Bonchev–Trinajstić information content (AvgIpc) is 2.93. The van der Waals surface area contributed by atoms with Gasteiger partial charge in [-0.2, -0.15) is 0 Å². The molecule has 2 fully saturated rings. The van der Waals surface area contributed by atoms with Crippen LogP contribution in [0.2, 0.25) is 0 Å². The number of hydroxylamine groups is 2. The van der Waals surface area contributed by atoms with Crippen LogP contribution in [0, 0.1) is 0 Å². The van der Waals surface area contributed by atoms with Crippen molar-refractivity contribution < 1.29 is 19.5 Å². The number of carbonyl (C=O) groups excluding carboxylic acids is 1. The molecule has 1 aliphatic heterocycles. The lowest BCUT2D eigenvalue weighted by Crippen LogP contribution is -2.44. The number of hydrogen-bond acceptors (Lipinski definition) is 6. The number of nitrogens with one attached hydrogen (secondary N) is 1. The van der Waals surface area contributed by atoms with Crippen molar-refractivity contribution in [2.45, 2.75) is 51.2 Å². The maximum Gasteiger partial charge on any atom is 0.363 e. The Morgan fingerprint density at radius 2 is 2.00 bits per heavy atom. The molecule has 3 rings (SSSR count). The molecule has 1 aromatic carbocycles. The standard InChI is InChI=1S/C18H24N2O4/c1-2-23-17(21)15-16(19-13-9-5-3-6-10-13)20(24-18(15)22)14-11-7-4-8-12-14/h3,5-6,9-10,14,16,19,21H,2,4,7-8,11-12H2,1H3/b17-15+. The van der Waals surface area contributed by atoms with Gasteiger partial charge in [0, 0.05) is 11.7 Å². The topological polar surface area (TPSA) is 71.0 Å². The van der Waals surface area contributed by atoms with Gasteiger partial charge >= 0.3 is 5.97 Å². The minimum atomic E-state index is -0.561. The second-order valence-electron chi connectivity index (χ2n) is 6.10. The molecule has 1 unspecified atom stereocenters. The van der Waals surface area contributed by atoms with Crippen molar-refractivity contribution in [2.24, 2.45) is 0 Å². The highest BCUT2D eigenvalue weighted by atomic mass is 16.7. The van der Waals surface area contributed by atoms with Crippen LogP contribution < -0.4 is 5.32 Å². The first-order valence-electron chi connectivity index (χ1n) is 8.59. The van der Waals surface area contributed by atoms with E-state index in [2.05, 4.69) is 5.32 Å². The summed E-state index contributed by atoms with van der Waals surface area (Å²) in [6.45, 7) is 2.04. The molecule has 6 heteroatoms. The van der Waals surface area contributed by atoms with Gasteiger partial charge in [0.1, 0.15) is 0 Å². The minimum absolute atomic E-state index is 0.131. The lowest BCUT2D eigenvalue weighted by atomic mass is 9.95. The molecule has 6 nitrogen and oxygen atoms in total. The molecule has 130 valence electrons. The molecule has 24 heavy (non-hydrogen) atoms. The second-order valence-corrected chi connectivity index (χ2v) is 6.10. The number of para-hydroxylation sites is 1.